The van der Waals surface area contributed by atoms with Crippen molar-refractivity contribution in [3.63, 3.8) is 0 Å². The Morgan fingerprint density at radius 2 is 1.51 bits per heavy atom. The quantitative estimate of drug-likeness (QED) is 0.463. The molecular formula is C34H44Cl2N6O3. The molecule has 242 valence electrons. The summed E-state index contributed by atoms with van der Waals surface area (Å²) in [5.74, 6) is -0.436. The fraction of sp³-hybridized carbons (Fsp3) is 0.559. The SMILES string of the molecule is CN1CCN(C2CCN(C(=O)C(CC(=O)N3CCC(N4Cc5ccccc5NC4=O)CC3)Cc3ccc(Cl)c(Cl)c3)CC2)CC1. The summed E-state index contributed by atoms with van der Waals surface area (Å²) >= 11 is 12.5. The standard InChI is InChI=1S/C34H44Cl2N6O3/c1-38-16-18-39(19-17-38)27-8-14-41(15-9-27)33(44)26(20-24-6-7-29(35)30(36)21-24)22-32(43)40-12-10-28(11-13-40)42-23-25-4-2-3-5-31(25)37-34(42)45/h2-7,21,26-28H,8-20,22-23H2,1H3,(H,37,45). The van der Waals surface area contributed by atoms with Crippen LogP contribution < -0.4 is 5.32 Å². The average Bonchev–Trinajstić information content (AvgIpc) is 3.06. The van der Waals surface area contributed by atoms with Crippen LogP contribution in [0.2, 0.25) is 10.0 Å². The smallest absolute Gasteiger partial charge is 0.322 e. The molecule has 9 nitrogen and oxygen atoms in total. The molecule has 1 unspecified atom stereocenters. The molecule has 0 aliphatic carbocycles. The lowest BCUT2D eigenvalue weighted by Gasteiger charge is -2.43. The van der Waals surface area contributed by atoms with Crippen molar-refractivity contribution in [1.29, 1.82) is 0 Å². The molecule has 0 radical (unpaired) electrons. The minimum Gasteiger partial charge on any atom is -0.343 e. The number of likely N-dealkylation sites (N-methyl/N-ethyl adjacent to an activating group) is 1. The summed E-state index contributed by atoms with van der Waals surface area (Å²) in [6.07, 6.45) is 3.94. The van der Waals surface area contributed by atoms with Crippen LogP contribution in [0.1, 0.15) is 43.2 Å². The van der Waals surface area contributed by atoms with Crippen molar-refractivity contribution >= 4 is 46.7 Å². The van der Waals surface area contributed by atoms with E-state index in [0.29, 0.717) is 68.1 Å². The van der Waals surface area contributed by atoms with Gasteiger partial charge in [-0.15, -0.1) is 0 Å². The van der Waals surface area contributed by atoms with E-state index in [-0.39, 0.29) is 30.3 Å². The molecule has 0 saturated carbocycles. The number of urea groups is 1. The van der Waals surface area contributed by atoms with Crippen LogP contribution in [0.3, 0.4) is 0 Å². The Kier molecular flexibility index (Phi) is 10.2. The average molecular weight is 656 g/mol. The van der Waals surface area contributed by atoms with Gasteiger partial charge in [0.05, 0.1) is 16.0 Å². The minimum absolute atomic E-state index is 0.00683. The number of anilines is 1. The Bertz CT molecular complexity index is 1380. The second kappa shape index (κ2) is 14.3. The molecule has 11 heteroatoms. The number of piperidine rings is 2. The van der Waals surface area contributed by atoms with E-state index in [1.807, 2.05) is 51.1 Å². The number of halogens is 2. The first-order valence-electron chi connectivity index (χ1n) is 16.3. The molecule has 0 bridgehead atoms. The third kappa shape index (κ3) is 7.59. The molecule has 3 fully saturated rings. The number of hydrogen-bond acceptors (Lipinski definition) is 5. The number of carbonyl (C=O) groups is 3. The summed E-state index contributed by atoms with van der Waals surface area (Å²) in [7, 11) is 2.17. The largest absolute Gasteiger partial charge is 0.343 e. The van der Waals surface area contributed by atoms with Gasteiger partial charge in [-0.25, -0.2) is 4.79 Å². The highest BCUT2D eigenvalue weighted by Gasteiger charge is 2.36. The summed E-state index contributed by atoms with van der Waals surface area (Å²) in [5, 5.41) is 3.93. The second-order valence-corrected chi connectivity index (χ2v) is 13.9. The highest BCUT2D eigenvalue weighted by Crippen LogP contribution is 2.30. The number of nitrogens with one attached hydrogen (secondary N) is 1. The van der Waals surface area contributed by atoms with Gasteiger partial charge in [0.25, 0.3) is 0 Å². The zero-order valence-corrected chi connectivity index (χ0v) is 27.6. The maximum atomic E-state index is 14.0. The molecule has 1 N–H and O–H groups in total. The number of rotatable bonds is 7. The monoisotopic (exact) mass is 654 g/mol. The van der Waals surface area contributed by atoms with E-state index in [0.717, 1.165) is 55.8 Å². The maximum absolute atomic E-state index is 14.0. The molecule has 2 aromatic rings. The van der Waals surface area contributed by atoms with Gasteiger partial charge in [0, 0.05) is 83.1 Å². The van der Waals surface area contributed by atoms with Gasteiger partial charge in [-0.05, 0) is 68.5 Å². The van der Waals surface area contributed by atoms with E-state index >= 15 is 0 Å². The van der Waals surface area contributed by atoms with Gasteiger partial charge in [-0.2, -0.15) is 0 Å². The number of piperazine rings is 1. The number of likely N-dealkylation sites (tertiary alicyclic amines) is 2. The van der Waals surface area contributed by atoms with E-state index in [4.69, 9.17) is 23.2 Å². The predicted molar refractivity (Wildman–Crippen MR) is 178 cm³/mol. The Balaban J connectivity index is 1.07. The van der Waals surface area contributed by atoms with Crippen LogP contribution in [0, 0.1) is 5.92 Å². The second-order valence-electron chi connectivity index (χ2n) is 13.1. The van der Waals surface area contributed by atoms with Gasteiger partial charge < -0.3 is 24.9 Å². The fourth-order valence-corrected chi connectivity index (χ4v) is 7.70. The highest BCUT2D eigenvalue weighted by molar-refractivity contribution is 6.42. The number of amides is 4. The zero-order valence-electron chi connectivity index (χ0n) is 26.1. The molecule has 1 atom stereocenters. The van der Waals surface area contributed by atoms with Crippen LogP contribution in [0.4, 0.5) is 10.5 Å². The number of fused-ring (bicyclic) bond motifs is 1. The number of carbonyl (C=O) groups excluding carboxylic acids is 3. The first-order chi connectivity index (χ1) is 21.7. The van der Waals surface area contributed by atoms with Gasteiger partial charge in [0.15, 0.2) is 0 Å². The molecule has 2 aromatic carbocycles. The highest BCUT2D eigenvalue weighted by atomic mass is 35.5. The molecule has 6 rings (SSSR count). The normalized spacial score (nSPS) is 21.4. The summed E-state index contributed by atoms with van der Waals surface area (Å²) in [4.78, 5) is 51.3. The molecule has 3 saturated heterocycles. The van der Waals surface area contributed by atoms with E-state index in [2.05, 4.69) is 22.2 Å². The predicted octanol–water partition coefficient (Wildman–Crippen LogP) is 4.82. The Morgan fingerprint density at radius 1 is 0.844 bits per heavy atom. The van der Waals surface area contributed by atoms with Crippen molar-refractivity contribution in [3.05, 3.63) is 63.6 Å². The van der Waals surface area contributed by atoms with Crippen LogP contribution in [-0.2, 0) is 22.6 Å². The molecule has 45 heavy (non-hydrogen) atoms. The van der Waals surface area contributed by atoms with Crippen molar-refractivity contribution in [3.8, 4) is 0 Å². The first kappa shape index (κ1) is 32.1. The lowest BCUT2D eigenvalue weighted by atomic mass is 9.92. The summed E-state index contributed by atoms with van der Waals surface area (Å²) in [6.45, 7) is 7.48. The molecule has 4 amide bonds. The lowest BCUT2D eigenvalue weighted by molar-refractivity contribution is -0.143. The van der Waals surface area contributed by atoms with Crippen LogP contribution in [0.5, 0.6) is 0 Å². The maximum Gasteiger partial charge on any atom is 0.322 e. The molecular weight excluding hydrogens is 611 g/mol. The number of nitrogens with zero attached hydrogens (tertiary/aromatic N) is 5. The van der Waals surface area contributed by atoms with Crippen LogP contribution in [-0.4, -0.2) is 114 Å². The van der Waals surface area contributed by atoms with E-state index in [1.54, 1.807) is 6.07 Å². The van der Waals surface area contributed by atoms with Gasteiger partial charge in [-0.3, -0.25) is 14.5 Å². The van der Waals surface area contributed by atoms with Crippen LogP contribution >= 0.6 is 23.2 Å². The number of benzene rings is 2. The third-order valence-corrected chi connectivity index (χ3v) is 10.9. The fourth-order valence-electron chi connectivity index (χ4n) is 7.38. The summed E-state index contributed by atoms with van der Waals surface area (Å²) < 4.78 is 0. The van der Waals surface area contributed by atoms with Crippen molar-refractivity contribution in [2.24, 2.45) is 5.92 Å². The van der Waals surface area contributed by atoms with Crippen LogP contribution in [0.25, 0.3) is 0 Å². The van der Waals surface area contributed by atoms with Crippen molar-refractivity contribution in [2.45, 2.75) is 57.2 Å². The van der Waals surface area contributed by atoms with E-state index < -0.39 is 5.92 Å². The minimum atomic E-state index is -0.475. The van der Waals surface area contributed by atoms with Crippen molar-refractivity contribution < 1.29 is 14.4 Å². The molecule has 4 aliphatic rings. The van der Waals surface area contributed by atoms with Gasteiger partial charge in [0.2, 0.25) is 11.8 Å². The zero-order chi connectivity index (χ0) is 31.5. The van der Waals surface area contributed by atoms with Crippen molar-refractivity contribution in [2.75, 3.05) is 64.7 Å². The topological polar surface area (TPSA) is 79.4 Å². The first-order valence-corrected chi connectivity index (χ1v) is 17.1. The van der Waals surface area contributed by atoms with Crippen LogP contribution in [0.15, 0.2) is 42.5 Å². The number of para-hydroxylation sites is 1. The number of hydrogen-bond donors (Lipinski definition) is 1. The van der Waals surface area contributed by atoms with Gasteiger partial charge in [-0.1, -0.05) is 47.5 Å². The Hall–Kier alpha value is -2.85. The van der Waals surface area contributed by atoms with E-state index in [9.17, 15) is 14.4 Å². The Labute approximate surface area is 276 Å². The van der Waals surface area contributed by atoms with Crippen molar-refractivity contribution in [1.82, 2.24) is 24.5 Å². The van der Waals surface area contributed by atoms with Gasteiger partial charge in [0.1, 0.15) is 0 Å². The molecule has 4 heterocycles. The Morgan fingerprint density at radius 3 is 2.22 bits per heavy atom. The third-order valence-electron chi connectivity index (χ3n) is 10.2. The molecule has 0 aromatic heterocycles. The summed E-state index contributed by atoms with van der Waals surface area (Å²) in [5.41, 5.74) is 2.87. The van der Waals surface area contributed by atoms with E-state index in [1.165, 1.54) is 0 Å². The molecule has 4 aliphatic heterocycles. The molecule has 0 spiro atoms. The lowest BCUT2D eigenvalue weighted by Crippen LogP contribution is -2.54. The van der Waals surface area contributed by atoms with Gasteiger partial charge >= 0.3 is 6.03 Å². The summed E-state index contributed by atoms with van der Waals surface area (Å²) in [6, 6.07) is 13.8.